The summed E-state index contributed by atoms with van der Waals surface area (Å²) in [6, 6.07) is 10.3. The zero-order valence-electron chi connectivity index (χ0n) is 14.4. The van der Waals surface area contributed by atoms with E-state index in [1.807, 2.05) is 4.90 Å². The molecule has 0 saturated carbocycles. The average molecular weight is 371 g/mol. The van der Waals surface area contributed by atoms with Crippen LogP contribution in [0.15, 0.2) is 47.1 Å². The van der Waals surface area contributed by atoms with Gasteiger partial charge in [-0.25, -0.2) is 0 Å². The minimum atomic E-state index is -0.416. The zero-order valence-corrected chi connectivity index (χ0v) is 15.2. The first-order chi connectivity index (χ1) is 12.6. The number of amides is 2. The standard InChI is InChI=1S/C19H21N3O3S/c23-17(16-6-5-13-25-16)21-19(26)20-15-9-7-14(8-10-15)18(24)22-11-3-1-2-4-12-22/h5-10,13H,1-4,11-12H2,(H2,20,21,23,26). The Morgan fingerprint density at radius 1 is 1.00 bits per heavy atom. The predicted molar refractivity (Wildman–Crippen MR) is 103 cm³/mol. The molecule has 0 spiro atoms. The lowest BCUT2D eigenvalue weighted by atomic mass is 10.1. The molecule has 7 heteroatoms. The van der Waals surface area contributed by atoms with Gasteiger partial charge in [-0.2, -0.15) is 0 Å². The molecule has 3 rings (SSSR count). The summed E-state index contributed by atoms with van der Waals surface area (Å²) >= 11 is 5.13. The van der Waals surface area contributed by atoms with Crippen molar-refractivity contribution in [3.05, 3.63) is 54.0 Å². The molecule has 2 N–H and O–H groups in total. The summed E-state index contributed by atoms with van der Waals surface area (Å²) < 4.78 is 5.01. The maximum Gasteiger partial charge on any atom is 0.293 e. The van der Waals surface area contributed by atoms with E-state index in [0.717, 1.165) is 25.9 Å². The molecule has 0 aliphatic carbocycles. The summed E-state index contributed by atoms with van der Waals surface area (Å²) in [5.41, 5.74) is 1.35. The minimum absolute atomic E-state index is 0.0622. The Morgan fingerprint density at radius 2 is 1.69 bits per heavy atom. The molecule has 1 aliphatic heterocycles. The Labute approximate surface area is 157 Å². The fourth-order valence-corrected chi connectivity index (χ4v) is 3.10. The van der Waals surface area contributed by atoms with Crippen LogP contribution in [-0.4, -0.2) is 34.9 Å². The molecule has 0 bridgehead atoms. The number of likely N-dealkylation sites (tertiary alicyclic amines) is 1. The molecule has 1 aliphatic rings. The van der Waals surface area contributed by atoms with Gasteiger partial charge in [0, 0.05) is 24.3 Å². The Kier molecular flexibility index (Phi) is 6.01. The highest BCUT2D eigenvalue weighted by molar-refractivity contribution is 7.80. The van der Waals surface area contributed by atoms with Crippen molar-refractivity contribution in [3.63, 3.8) is 0 Å². The first-order valence-electron chi connectivity index (χ1n) is 8.68. The molecule has 2 aromatic rings. The van der Waals surface area contributed by atoms with Crippen LogP contribution in [0.2, 0.25) is 0 Å². The number of nitrogens with zero attached hydrogens (tertiary/aromatic N) is 1. The van der Waals surface area contributed by atoms with Crippen molar-refractivity contribution in [3.8, 4) is 0 Å². The summed E-state index contributed by atoms with van der Waals surface area (Å²) in [4.78, 5) is 26.4. The molecular weight excluding hydrogens is 350 g/mol. The lowest BCUT2D eigenvalue weighted by Gasteiger charge is -2.20. The van der Waals surface area contributed by atoms with Crippen molar-refractivity contribution < 1.29 is 14.0 Å². The molecule has 1 aromatic heterocycles. The Balaban J connectivity index is 1.56. The van der Waals surface area contributed by atoms with Crippen molar-refractivity contribution in [1.82, 2.24) is 10.2 Å². The highest BCUT2D eigenvalue weighted by Gasteiger charge is 2.17. The van der Waals surface area contributed by atoms with E-state index in [0.29, 0.717) is 11.3 Å². The number of anilines is 1. The Hall–Kier alpha value is -2.67. The maximum atomic E-state index is 12.6. The van der Waals surface area contributed by atoms with Crippen LogP contribution >= 0.6 is 12.2 Å². The molecule has 2 heterocycles. The van der Waals surface area contributed by atoms with Gasteiger partial charge in [0.2, 0.25) is 0 Å². The quantitative estimate of drug-likeness (QED) is 0.809. The van der Waals surface area contributed by atoms with Gasteiger partial charge in [0.25, 0.3) is 11.8 Å². The van der Waals surface area contributed by atoms with Gasteiger partial charge in [0.15, 0.2) is 10.9 Å². The van der Waals surface area contributed by atoms with Crippen LogP contribution in [-0.2, 0) is 0 Å². The number of benzene rings is 1. The molecule has 0 atom stereocenters. The largest absolute Gasteiger partial charge is 0.459 e. The van der Waals surface area contributed by atoms with Crippen molar-refractivity contribution in [1.29, 1.82) is 0 Å². The Bertz CT molecular complexity index is 764. The number of hydrogen-bond acceptors (Lipinski definition) is 4. The third-order valence-corrected chi connectivity index (χ3v) is 4.46. The SMILES string of the molecule is O=C(NC(=S)Nc1ccc(C(=O)N2CCCCCC2)cc1)c1ccco1. The topological polar surface area (TPSA) is 74.6 Å². The minimum Gasteiger partial charge on any atom is -0.459 e. The fraction of sp³-hybridized carbons (Fsp3) is 0.316. The molecule has 0 unspecified atom stereocenters. The second kappa shape index (κ2) is 8.62. The lowest BCUT2D eigenvalue weighted by molar-refractivity contribution is 0.0761. The lowest BCUT2D eigenvalue weighted by Crippen LogP contribution is -2.34. The van der Waals surface area contributed by atoms with Gasteiger partial charge in [-0.3, -0.25) is 14.9 Å². The zero-order chi connectivity index (χ0) is 18.4. The number of carbonyl (C=O) groups excluding carboxylic acids is 2. The summed E-state index contributed by atoms with van der Waals surface area (Å²) in [5.74, 6) is -0.167. The van der Waals surface area contributed by atoms with Gasteiger partial charge in [-0.1, -0.05) is 12.8 Å². The molecule has 1 fully saturated rings. The summed E-state index contributed by atoms with van der Waals surface area (Å²) in [7, 11) is 0. The van der Waals surface area contributed by atoms with Crippen LogP contribution in [0.25, 0.3) is 0 Å². The molecule has 1 saturated heterocycles. The average Bonchev–Trinajstić information content (AvgIpc) is 3.05. The van der Waals surface area contributed by atoms with Gasteiger partial charge in [-0.05, 0) is 61.5 Å². The molecule has 2 amide bonds. The molecule has 26 heavy (non-hydrogen) atoms. The van der Waals surface area contributed by atoms with Crippen molar-refractivity contribution in [2.75, 3.05) is 18.4 Å². The number of rotatable bonds is 3. The highest BCUT2D eigenvalue weighted by Crippen LogP contribution is 2.15. The molecule has 1 aromatic carbocycles. The van der Waals surface area contributed by atoms with Crippen LogP contribution in [0.4, 0.5) is 5.69 Å². The van der Waals surface area contributed by atoms with E-state index >= 15 is 0 Å². The number of thiocarbonyl (C=S) groups is 1. The smallest absolute Gasteiger partial charge is 0.293 e. The summed E-state index contributed by atoms with van der Waals surface area (Å²) in [6.45, 7) is 1.64. The van der Waals surface area contributed by atoms with Crippen molar-refractivity contribution in [2.24, 2.45) is 0 Å². The molecule has 136 valence electrons. The van der Waals surface area contributed by atoms with Crippen LogP contribution in [0.5, 0.6) is 0 Å². The molecule has 6 nitrogen and oxygen atoms in total. The van der Waals surface area contributed by atoms with E-state index in [1.54, 1.807) is 36.4 Å². The van der Waals surface area contributed by atoms with E-state index in [1.165, 1.54) is 19.1 Å². The van der Waals surface area contributed by atoms with Crippen LogP contribution in [0.3, 0.4) is 0 Å². The number of hydrogen-bond donors (Lipinski definition) is 2. The van der Waals surface area contributed by atoms with Crippen molar-refractivity contribution >= 4 is 34.8 Å². The predicted octanol–water partition coefficient (Wildman–Crippen LogP) is 3.42. The monoisotopic (exact) mass is 371 g/mol. The fourth-order valence-electron chi connectivity index (χ4n) is 2.89. The number of furan rings is 1. The van der Waals surface area contributed by atoms with Crippen LogP contribution < -0.4 is 10.6 Å². The first kappa shape index (κ1) is 18.1. The van der Waals surface area contributed by atoms with Gasteiger partial charge >= 0.3 is 0 Å². The van der Waals surface area contributed by atoms with Crippen LogP contribution in [0, 0.1) is 0 Å². The second-order valence-electron chi connectivity index (χ2n) is 6.17. The van der Waals surface area contributed by atoms with E-state index in [9.17, 15) is 9.59 Å². The Morgan fingerprint density at radius 3 is 2.31 bits per heavy atom. The number of nitrogens with one attached hydrogen (secondary N) is 2. The molecule has 0 radical (unpaired) electrons. The maximum absolute atomic E-state index is 12.6. The van der Waals surface area contributed by atoms with E-state index < -0.39 is 5.91 Å². The van der Waals surface area contributed by atoms with Gasteiger partial charge < -0.3 is 14.6 Å². The van der Waals surface area contributed by atoms with E-state index in [4.69, 9.17) is 16.6 Å². The highest BCUT2D eigenvalue weighted by atomic mass is 32.1. The van der Waals surface area contributed by atoms with Gasteiger partial charge in [0.05, 0.1) is 6.26 Å². The van der Waals surface area contributed by atoms with Crippen LogP contribution in [0.1, 0.15) is 46.6 Å². The third kappa shape index (κ3) is 4.70. The van der Waals surface area contributed by atoms with Gasteiger partial charge in [-0.15, -0.1) is 0 Å². The first-order valence-corrected chi connectivity index (χ1v) is 9.09. The second-order valence-corrected chi connectivity index (χ2v) is 6.58. The number of carbonyl (C=O) groups is 2. The summed E-state index contributed by atoms with van der Waals surface area (Å²) in [5, 5.41) is 5.63. The van der Waals surface area contributed by atoms with E-state index in [2.05, 4.69) is 10.6 Å². The third-order valence-electron chi connectivity index (χ3n) is 4.26. The van der Waals surface area contributed by atoms with Gasteiger partial charge in [0.1, 0.15) is 0 Å². The molecular formula is C19H21N3O3S. The summed E-state index contributed by atoms with van der Waals surface area (Å²) in [6.07, 6.45) is 5.93. The van der Waals surface area contributed by atoms with Crippen molar-refractivity contribution in [2.45, 2.75) is 25.7 Å². The normalized spacial score (nSPS) is 14.4. The van der Waals surface area contributed by atoms with E-state index in [-0.39, 0.29) is 16.8 Å².